The predicted octanol–water partition coefficient (Wildman–Crippen LogP) is 5.56. The number of hydrogen-bond donors (Lipinski definition) is 6. The fourth-order valence-corrected chi connectivity index (χ4v) is 11.1. The average molecular weight is 1040 g/mol. The van der Waals surface area contributed by atoms with E-state index in [-0.39, 0.29) is 60.4 Å². The largest absolute Gasteiger partial charge is 0.494 e. The molecule has 0 aromatic heterocycles. The maximum Gasteiger partial charge on any atom is 0.246 e. The van der Waals surface area contributed by atoms with Crippen molar-refractivity contribution in [3.8, 4) is 11.5 Å². The number of aryl methyl sites for hydroxylation is 2. The van der Waals surface area contributed by atoms with Crippen LogP contribution in [0.1, 0.15) is 124 Å². The second-order valence-electron chi connectivity index (χ2n) is 20.9. The Morgan fingerprint density at radius 1 is 0.526 bits per heavy atom. The molecule has 76 heavy (non-hydrogen) atoms. The summed E-state index contributed by atoms with van der Waals surface area (Å²) in [6, 6.07) is 27.4. The first-order chi connectivity index (χ1) is 36.9. The summed E-state index contributed by atoms with van der Waals surface area (Å²) in [6.45, 7) is 5.30. The van der Waals surface area contributed by atoms with E-state index in [0.29, 0.717) is 63.5 Å². The van der Waals surface area contributed by atoms with E-state index in [4.69, 9.17) is 9.47 Å². The van der Waals surface area contributed by atoms with Crippen LogP contribution in [0.3, 0.4) is 0 Å². The van der Waals surface area contributed by atoms with Crippen molar-refractivity contribution in [2.45, 2.75) is 152 Å². The van der Waals surface area contributed by atoms with Gasteiger partial charge in [-0.15, -0.1) is 0 Å². The highest BCUT2D eigenvalue weighted by Crippen LogP contribution is 2.32. The van der Waals surface area contributed by atoms with Gasteiger partial charge in [0.05, 0.1) is 37.4 Å². The van der Waals surface area contributed by atoms with E-state index in [2.05, 4.69) is 56.2 Å². The van der Waals surface area contributed by atoms with E-state index in [1.807, 2.05) is 72.8 Å². The van der Waals surface area contributed by atoms with Crippen LogP contribution in [0, 0.1) is 0 Å². The lowest BCUT2D eigenvalue weighted by Crippen LogP contribution is -2.56. The number of ether oxygens (including phenoxy) is 2. The van der Waals surface area contributed by atoms with Crippen LogP contribution in [0.15, 0.2) is 97.1 Å². The van der Waals surface area contributed by atoms with Crippen LogP contribution in [0.5, 0.6) is 11.5 Å². The Balaban J connectivity index is 0.796. The van der Waals surface area contributed by atoms with Gasteiger partial charge in [-0.1, -0.05) is 72.8 Å². The number of amides is 6. The van der Waals surface area contributed by atoms with Gasteiger partial charge in [-0.2, -0.15) is 0 Å². The van der Waals surface area contributed by atoms with Crippen LogP contribution in [-0.4, -0.2) is 122 Å². The zero-order valence-electron chi connectivity index (χ0n) is 44.7. The number of nitrogens with zero attached hydrogens (tertiary/aromatic N) is 2. The number of unbranched alkanes of at least 4 members (excludes halogenated alkanes) is 1. The molecule has 2 heterocycles. The van der Waals surface area contributed by atoms with Crippen LogP contribution >= 0.6 is 0 Å². The minimum Gasteiger partial charge on any atom is -0.494 e. The van der Waals surface area contributed by atoms with Crippen LogP contribution < -0.4 is 41.4 Å². The molecule has 16 nitrogen and oxygen atoms in total. The van der Waals surface area contributed by atoms with Gasteiger partial charge in [0.15, 0.2) is 0 Å². The van der Waals surface area contributed by atoms with E-state index < -0.39 is 36.3 Å². The summed E-state index contributed by atoms with van der Waals surface area (Å²) in [7, 11) is 3.39. The smallest absolute Gasteiger partial charge is 0.246 e. The summed E-state index contributed by atoms with van der Waals surface area (Å²) in [6.07, 6.45) is 10.2. The number of likely N-dealkylation sites (tertiary alicyclic amines) is 2. The lowest BCUT2D eigenvalue weighted by atomic mass is 9.87. The van der Waals surface area contributed by atoms with E-state index >= 15 is 0 Å². The highest BCUT2D eigenvalue weighted by Gasteiger charge is 2.41. The number of fused-ring (bicyclic) bond motifs is 2. The molecule has 2 aliphatic carbocycles. The van der Waals surface area contributed by atoms with Crippen LogP contribution in [-0.2, 0) is 54.5 Å². The molecule has 0 bridgehead atoms. The average Bonchev–Trinajstić information content (AvgIpc) is 4.16. The van der Waals surface area contributed by atoms with Gasteiger partial charge < -0.3 is 51.2 Å². The number of likely N-dealkylation sites (N-methyl/N-ethyl adjacent to an activating group) is 2. The van der Waals surface area contributed by atoms with Gasteiger partial charge in [0.25, 0.3) is 0 Å². The summed E-state index contributed by atoms with van der Waals surface area (Å²) in [5, 5.41) is 18.4. The molecule has 2 fully saturated rings. The zero-order valence-corrected chi connectivity index (χ0v) is 44.7. The molecule has 4 aromatic rings. The molecular formula is C60H78N8O8. The fraction of sp³-hybridized carbons (Fsp3) is 0.500. The number of carbonyl (C=O) groups excluding carboxylic acids is 6. The SMILES string of the molecule is CN[C@@H](C)C(=O)N[C@@H](Cc1ccc(OCCCCOc2ccc(C[C@@H](NC(=O)[C@@H](C)NC)C(=O)N3CCC[C@@H]3C(=O)N[C@H]3CCCc4ccccc43)cc2)cc1)C(=O)N1CCCC1C(=O)N[C@@H]1CCCc2ccccc21. The van der Waals surface area contributed by atoms with Crippen molar-refractivity contribution in [1.29, 1.82) is 0 Å². The normalized spacial score (nSPS) is 20.5. The molecule has 406 valence electrons. The molecule has 8 rings (SSSR count). The van der Waals surface area contributed by atoms with Gasteiger partial charge in [0.1, 0.15) is 35.7 Å². The zero-order chi connectivity index (χ0) is 53.6. The van der Waals surface area contributed by atoms with E-state index in [1.54, 1.807) is 37.7 Å². The van der Waals surface area contributed by atoms with Crippen molar-refractivity contribution >= 4 is 35.4 Å². The summed E-state index contributed by atoms with van der Waals surface area (Å²) in [5.41, 5.74) is 6.48. The first kappa shape index (κ1) is 55.5. The van der Waals surface area contributed by atoms with Crippen LogP contribution in [0.4, 0.5) is 0 Å². The van der Waals surface area contributed by atoms with E-state index in [1.165, 1.54) is 11.1 Å². The van der Waals surface area contributed by atoms with E-state index in [0.717, 1.165) is 73.6 Å². The molecule has 1 unspecified atom stereocenters. The summed E-state index contributed by atoms with van der Waals surface area (Å²) < 4.78 is 12.1. The Morgan fingerprint density at radius 2 is 0.921 bits per heavy atom. The molecule has 0 spiro atoms. The molecular weight excluding hydrogens is 961 g/mol. The molecule has 6 amide bonds. The minimum absolute atomic E-state index is 0.0909. The fourth-order valence-electron chi connectivity index (χ4n) is 11.1. The molecule has 2 aliphatic heterocycles. The van der Waals surface area contributed by atoms with Crippen molar-refractivity contribution in [3.05, 3.63) is 130 Å². The summed E-state index contributed by atoms with van der Waals surface area (Å²) >= 11 is 0. The van der Waals surface area contributed by atoms with Crippen molar-refractivity contribution in [2.24, 2.45) is 0 Å². The first-order valence-electron chi connectivity index (χ1n) is 27.7. The molecule has 0 saturated carbocycles. The molecule has 0 radical (unpaired) electrons. The lowest BCUT2D eigenvalue weighted by molar-refractivity contribution is -0.141. The van der Waals surface area contributed by atoms with Gasteiger partial charge >= 0.3 is 0 Å². The Hall–Kier alpha value is -6.78. The Bertz CT molecular complexity index is 2450. The Labute approximate surface area is 448 Å². The standard InChI is InChI=1S/C60H78N8O8/c1-39(61-3)55(69)65-51(59(73)67-33-13-23-53(67)57(71)63-49-21-11-17-43-15-5-7-19-47(43)49)37-41-25-29-45(30-26-41)75-35-9-10-36-76-46-31-27-42(28-32-46)38-52(66-56(70)40(2)62-4)60(74)68-34-14-24-54(68)58(72)64-50-22-12-18-44-16-6-8-20-48(44)50/h5-8,15-16,19-20,25-32,39-40,49-54,61-62H,9-14,17-18,21-24,33-38H2,1-4H3,(H,63,71)(H,64,72)(H,65,69)(H,66,70)/t39-,40+,49+,50-,51-,52+,53-,54?/m1/s1. The van der Waals surface area contributed by atoms with Gasteiger partial charge in [0.2, 0.25) is 35.4 Å². The molecule has 16 heteroatoms. The van der Waals surface area contributed by atoms with Crippen molar-refractivity contribution in [2.75, 3.05) is 40.4 Å². The van der Waals surface area contributed by atoms with Crippen molar-refractivity contribution < 1.29 is 38.2 Å². The molecule has 4 aromatic carbocycles. The predicted molar refractivity (Wildman–Crippen MR) is 291 cm³/mol. The number of carbonyl (C=O) groups is 6. The maximum absolute atomic E-state index is 14.3. The third kappa shape index (κ3) is 14.2. The maximum atomic E-state index is 14.3. The monoisotopic (exact) mass is 1040 g/mol. The molecule has 6 N–H and O–H groups in total. The molecule has 8 atom stereocenters. The van der Waals surface area contributed by atoms with Gasteiger partial charge in [-0.05, 0) is 163 Å². The quantitative estimate of drug-likeness (QED) is 0.0512. The minimum atomic E-state index is -0.865. The first-order valence-corrected chi connectivity index (χ1v) is 27.7. The highest BCUT2D eigenvalue weighted by atomic mass is 16.5. The number of benzene rings is 4. The van der Waals surface area contributed by atoms with Gasteiger partial charge in [0, 0.05) is 25.9 Å². The Kier molecular flexibility index (Phi) is 19.6. The Morgan fingerprint density at radius 3 is 1.32 bits per heavy atom. The summed E-state index contributed by atoms with van der Waals surface area (Å²) in [5.74, 6) is -0.0760. The molecule has 4 aliphatic rings. The second-order valence-corrected chi connectivity index (χ2v) is 20.9. The van der Waals surface area contributed by atoms with E-state index in [9.17, 15) is 28.8 Å². The third-order valence-electron chi connectivity index (χ3n) is 15.7. The van der Waals surface area contributed by atoms with Crippen LogP contribution in [0.25, 0.3) is 0 Å². The topological polar surface area (TPSA) is 200 Å². The third-order valence-corrected chi connectivity index (χ3v) is 15.7. The number of rotatable bonds is 23. The van der Waals surface area contributed by atoms with Crippen LogP contribution in [0.2, 0.25) is 0 Å². The molecule has 2 saturated heterocycles. The highest BCUT2D eigenvalue weighted by molar-refractivity contribution is 5.95. The van der Waals surface area contributed by atoms with Gasteiger partial charge in [-0.3, -0.25) is 28.8 Å². The lowest BCUT2D eigenvalue weighted by Gasteiger charge is -2.32. The summed E-state index contributed by atoms with van der Waals surface area (Å²) in [4.78, 5) is 85.9. The van der Waals surface area contributed by atoms with Gasteiger partial charge in [-0.25, -0.2) is 0 Å². The van der Waals surface area contributed by atoms with Crippen molar-refractivity contribution in [1.82, 2.24) is 41.7 Å². The second kappa shape index (κ2) is 26.8. The van der Waals surface area contributed by atoms with Crippen molar-refractivity contribution in [3.63, 3.8) is 0 Å². The number of hydrogen-bond acceptors (Lipinski definition) is 10. The number of nitrogens with one attached hydrogen (secondary N) is 6.